The van der Waals surface area contributed by atoms with E-state index in [0.29, 0.717) is 5.92 Å². The van der Waals surface area contributed by atoms with Gasteiger partial charge in [-0.3, -0.25) is 0 Å². The molecule has 0 saturated heterocycles. The molecule has 3 rings (SSSR count). The number of benzene rings is 2. The first-order chi connectivity index (χ1) is 10.2. The summed E-state index contributed by atoms with van der Waals surface area (Å²) in [5.74, 6) is 1.44. The molecular weight excluding hydrogens is 260 g/mol. The van der Waals surface area contributed by atoms with Gasteiger partial charge in [0.05, 0.1) is 7.11 Å². The topological polar surface area (TPSA) is 29.5 Å². The number of aliphatic hydroxyl groups excluding tert-OH is 1. The van der Waals surface area contributed by atoms with E-state index in [4.69, 9.17) is 4.74 Å². The standard InChI is InChI=1S/C19H22O2/c1-13-10-11-15(12-18(13)21-2)19(20)17-9-4-3-8-16(17)14-6-5-7-14/h3-4,8-12,14,19-20H,5-7H2,1-2H3. The van der Waals surface area contributed by atoms with E-state index in [-0.39, 0.29) is 0 Å². The first kappa shape index (κ1) is 14.2. The molecule has 0 bridgehead atoms. The Hall–Kier alpha value is -1.80. The highest BCUT2D eigenvalue weighted by atomic mass is 16.5. The minimum Gasteiger partial charge on any atom is -0.496 e. The second-order valence-electron chi connectivity index (χ2n) is 5.89. The summed E-state index contributed by atoms with van der Waals surface area (Å²) in [5, 5.41) is 10.8. The zero-order valence-electron chi connectivity index (χ0n) is 12.7. The molecule has 0 amide bonds. The van der Waals surface area contributed by atoms with Gasteiger partial charge < -0.3 is 9.84 Å². The third kappa shape index (κ3) is 2.68. The molecule has 110 valence electrons. The monoisotopic (exact) mass is 282 g/mol. The fraction of sp³-hybridized carbons (Fsp3) is 0.368. The fourth-order valence-electron chi connectivity index (χ4n) is 3.04. The van der Waals surface area contributed by atoms with Crippen LogP contribution in [0, 0.1) is 6.92 Å². The van der Waals surface area contributed by atoms with E-state index >= 15 is 0 Å². The van der Waals surface area contributed by atoms with Crippen LogP contribution >= 0.6 is 0 Å². The molecule has 1 atom stereocenters. The lowest BCUT2D eigenvalue weighted by Gasteiger charge is -2.29. The third-order valence-corrected chi connectivity index (χ3v) is 4.58. The summed E-state index contributed by atoms with van der Waals surface area (Å²) in [5.41, 5.74) is 4.31. The largest absolute Gasteiger partial charge is 0.496 e. The molecule has 1 N–H and O–H groups in total. The van der Waals surface area contributed by atoms with Gasteiger partial charge in [-0.25, -0.2) is 0 Å². The molecule has 1 aliphatic rings. The summed E-state index contributed by atoms with van der Waals surface area (Å²) in [7, 11) is 1.67. The molecule has 1 fully saturated rings. The minimum absolute atomic E-state index is 0.587. The predicted octanol–water partition coefficient (Wildman–Crippen LogP) is 4.35. The van der Waals surface area contributed by atoms with Crippen molar-refractivity contribution in [1.29, 1.82) is 0 Å². The van der Waals surface area contributed by atoms with Gasteiger partial charge in [-0.15, -0.1) is 0 Å². The molecule has 1 unspecified atom stereocenters. The molecular formula is C19H22O2. The van der Waals surface area contributed by atoms with Crippen LogP contribution in [-0.4, -0.2) is 12.2 Å². The maximum Gasteiger partial charge on any atom is 0.122 e. The number of rotatable bonds is 4. The summed E-state index contributed by atoms with van der Waals surface area (Å²) < 4.78 is 5.37. The highest BCUT2D eigenvalue weighted by Crippen LogP contribution is 2.40. The Balaban J connectivity index is 1.96. The third-order valence-electron chi connectivity index (χ3n) is 4.58. The van der Waals surface area contributed by atoms with E-state index in [1.807, 2.05) is 37.3 Å². The average Bonchev–Trinajstić information content (AvgIpc) is 2.46. The molecule has 21 heavy (non-hydrogen) atoms. The van der Waals surface area contributed by atoms with Crippen LogP contribution < -0.4 is 4.74 Å². The number of ether oxygens (including phenoxy) is 1. The van der Waals surface area contributed by atoms with Crippen molar-refractivity contribution >= 4 is 0 Å². The molecule has 2 nitrogen and oxygen atoms in total. The normalized spacial score (nSPS) is 16.3. The summed E-state index contributed by atoms with van der Waals surface area (Å²) in [4.78, 5) is 0. The van der Waals surface area contributed by atoms with E-state index in [2.05, 4.69) is 12.1 Å². The molecule has 0 aromatic heterocycles. The highest BCUT2D eigenvalue weighted by Gasteiger charge is 2.25. The molecule has 2 aromatic carbocycles. The second kappa shape index (κ2) is 5.90. The van der Waals surface area contributed by atoms with Gasteiger partial charge in [-0.05, 0) is 54.0 Å². The first-order valence-corrected chi connectivity index (χ1v) is 7.62. The van der Waals surface area contributed by atoms with Gasteiger partial charge in [0.15, 0.2) is 0 Å². The summed E-state index contributed by atoms with van der Waals surface area (Å²) in [6, 6.07) is 14.2. The molecule has 0 heterocycles. The maximum atomic E-state index is 10.8. The summed E-state index contributed by atoms with van der Waals surface area (Å²) >= 11 is 0. The van der Waals surface area contributed by atoms with Crippen molar-refractivity contribution < 1.29 is 9.84 Å². The Morgan fingerprint density at radius 1 is 1.14 bits per heavy atom. The van der Waals surface area contributed by atoms with Crippen LogP contribution in [0.25, 0.3) is 0 Å². The SMILES string of the molecule is COc1cc(C(O)c2ccccc2C2CCC2)ccc1C. The van der Waals surface area contributed by atoms with Crippen molar-refractivity contribution in [3.05, 3.63) is 64.7 Å². The Labute approximate surface area is 126 Å². The van der Waals surface area contributed by atoms with Gasteiger partial charge >= 0.3 is 0 Å². The van der Waals surface area contributed by atoms with Gasteiger partial charge in [0.25, 0.3) is 0 Å². The molecule has 0 spiro atoms. The van der Waals surface area contributed by atoms with Crippen LogP contribution in [0.1, 0.15) is 53.5 Å². The molecule has 1 saturated carbocycles. The van der Waals surface area contributed by atoms with Crippen LogP contribution in [0.5, 0.6) is 5.75 Å². The van der Waals surface area contributed by atoms with Gasteiger partial charge in [-0.2, -0.15) is 0 Å². The van der Waals surface area contributed by atoms with E-state index in [1.54, 1.807) is 7.11 Å². The Morgan fingerprint density at radius 2 is 1.90 bits per heavy atom. The Morgan fingerprint density at radius 3 is 2.57 bits per heavy atom. The Bertz CT molecular complexity index is 629. The van der Waals surface area contributed by atoms with Crippen LogP contribution in [0.2, 0.25) is 0 Å². The Kier molecular flexibility index (Phi) is 3.98. The zero-order chi connectivity index (χ0) is 14.8. The number of hydrogen-bond donors (Lipinski definition) is 1. The molecule has 0 aliphatic heterocycles. The number of aryl methyl sites for hydroxylation is 1. The molecule has 0 radical (unpaired) electrons. The van der Waals surface area contributed by atoms with E-state index in [1.165, 1.54) is 24.8 Å². The summed E-state index contributed by atoms with van der Waals surface area (Å²) in [6.07, 6.45) is 3.19. The van der Waals surface area contributed by atoms with Crippen LogP contribution in [0.3, 0.4) is 0 Å². The minimum atomic E-state index is -0.587. The highest BCUT2D eigenvalue weighted by molar-refractivity contribution is 5.43. The smallest absolute Gasteiger partial charge is 0.122 e. The van der Waals surface area contributed by atoms with Crippen LogP contribution in [0.4, 0.5) is 0 Å². The van der Waals surface area contributed by atoms with E-state index in [9.17, 15) is 5.11 Å². The van der Waals surface area contributed by atoms with E-state index in [0.717, 1.165) is 22.4 Å². The molecule has 2 heteroatoms. The second-order valence-corrected chi connectivity index (χ2v) is 5.89. The van der Waals surface area contributed by atoms with Gasteiger partial charge in [0.1, 0.15) is 11.9 Å². The first-order valence-electron chi connectivity index (χ1n) is 7.62. The number of methoxy groups -OCH3 is 1. The summed E-state index contributed by atoms with van der Waals surface area (Å²) in [6.45, 7) is 2.01. The van der Waals surface area contributed by atoms with Crippen molar-refractivity contribution in [3.8, 4) is 5.75 Å². The van der Waals surface area contributed by atoms with Gasteiger partial charge in [-0.1, -0.05) is 42.8 Å². The van der Waals surface area contributed by atoms with Crippen molar-refractivity contribution in [3.63, 3.8) is 0 Å². The quantitative estimate of drug-likeness (QED) is 0.903. The molecule has 1 aliphatic carbocycles. The van der Waals surface area contributed by atoms with Crippen molar-refractivity contribution in [2.75, 3.05) is 7.11 Å². The van der Waals surface area contributed by atoms with Crippen molar-refractivity contribution in [2.45, 2.75) is 38.2 Å². The maximum absolute atomic E-state index is 10.8. The van der Waals surface area contributed by atoms with Gasteiger partial charge in [0.2, 0.25) is 0 Å². The lowest BCUT2D eigenvalue weighted by Crippen LogP contribution is -2.13. The average molecular weight is 282 g/mol. The molecule has 2 aromatic rings. The van der Waals surface area contributed by atoms with Crippen molar-refractivity contribution in [1.82, 2.24) is 0 Å². The fourth-order valence-corrected chi connectivity index (χ4v) is 3.04. The van der Waals surface area contributed by atoms with Gasteiger partial charge in [0, 0.05) is 0 Å². The number of hydrogen-bond acceptors (Lipinski definition) is 2. The van der Waals surface area contributed by atoms with Crippen LogP contribution in [0.15, 0.2) is 42.5 Å². The van der Waals surface area contributed by atoms with Crippen LogP contribution in [-0.2, 0) is 0 Å². The van der Waals surface area contributed by atoms with E-state index < -0.39 is 6.10 Å². The zero-order valence-corrected chi connectivity index (χ0v) is 12.7. The lowest BCUT2D eigenvalue weighted by atomic mass is 9.77. The predicted molar refractivity (Wildman–Crippen MR) is 84.8 cm³/mol. The van der Waals surface area contributed by atoms with Crippen molar-refractivity contribution in [2.24, 2.45) is 0 Å². The number of aliphatic hydroxyl groups is 1. The lowest BCUT2D eigenvalue weighted by molar-refractivity contribution is 0.216.